The molecule has 0 aromatic rings. The van der Waals surface area contributed by atoms with Gasteiger partial charge in [0.15, 0.2) is 0 Å². The van der Waals surface area contributed by atoms with Gasteiger partial charge < -0.3 is 10.4 Å². The van der Waals surface area contributed by atoms with Crippen LogP contribution in [0.1, 0.15) is 59.8 Å². The van der Waals surface area contributed by atoms with Gasteiger partial charge in [0.1, 0.15) is 0 Å². The first-order valence-corrected chi connectivity index (χ1v) is 6.93. The molecule has 0 saturated heterocycles. The Balaban J connectivity index is 2.34. The summed E-state index contributed by atoms with van der Waals surface area (Å²) in [6.07, 6.45) is 6.18. The van der Waals surface area contributed by atoms with Crippen molar-refractivity contribution in [3.05, 3.63) is 0 Å². The summed E-state index contributed by atoms with van der Waals surface area (Å²) in [6.45, 7) is 9.45. The van der Waals surface area contributed by atoms with Gasteiger partial charge in [-0.1, -0.05) is 33.1 Å². The second kappa shape index (κ2) is 6.02. The van der Waals surface area contributed by atoms with Gasteiger partial charge in [0, 0.05) is 12.6 Å². The minimum atomic E-state index is -0.516. The average molecular weight is 227 g/mol. The van der Waals surface area contributed by atoms with E-state index in [0.29, 0.717) is 17.9 Å². The van der Waals surface area contributed by atoms with Gasteiger partial charge in [-0.15, -0.1) is 0 Å². The maximum atomic E-state index is 10.5. The number of nitrogens with one attached hydrogen (secondary N) is 1. The molecule has 2 N–H and O–H groups in total. The summed E-state index contributed by atoms with van der Waals surface area (Å²) in [4.78, 5) is 0. The van der Waals surface area contributed by atoms with E-state index in [4.69, 9.17) is 0 Å². The summed E-state index contributed by atoms with van der Waals surface area (Å²) in [5.74, 6) is 1.18. The number of hydrogen-bond acceptors (Lipinski definition) is 2. The van der Waals surface area contributed by atoms with Crippen LogP contribution in [0, 0.1) is 11.8 Å². The predicted octanol–water partition coefficient (Wildman–Crippen LogP) is 2.95. The fourth-order valence-electron chi connectivity index (χ4n) is 2.61. The van der Waals surface area contributed by atoms with Crippen LogP contribution < -0.4 is 5.32 Å². The Morgan fingerprint density at radius 3 is 2.38 bits per heavy atom. The van der Waals surface area contributed by atoms with E-state index in [9.17, 15) is 5.11 Å². The number of aliphatic hydroxyl groups is 1. The van der Waals surface area contributed by atoms with Gasteiger partial charge in [-0.25, -0.2) is 0 Å². The molecule has 0 aromatic carbocycles. The highest BCUT2D eigenvalue weighted by molar-refractivity contribution is 4.88. The van der Waals surface area contributed by atoms with Crippen LogP contribution in [0.3, 0.4) is 0 Å². The van der Waals surface area contributed by atoms with Crippen LogP contribution in [0.4, 0.5) is 0 Å². The van der Waals surface area contributed by atoms with Gasteiger partial charge in [0.2, 0.25) is 0 Å². The Labute approximate surface area is 101 Å². The second-order valence-corrected chi connectivity index (χ2v) is 5.89. The summed E-state index contributed by atoms with van der Waals surface area (Å²) in [7, 11) is 0. The molecule has 3 atom stereocenters. The molecule has 1 aliphatic carbocycles. The van der Waals surface area contributed by atoms with Crippen molar-refractivity contribution in [2.75, 3.05) is 6.54 Å². The third-order valence-corrected chi connectivity index (χ3v) is 4.51. The third-order valence-electron chi connectivity index (χ3n) is 4.51. The predicted molar refractivity (Wildman–Crippen MR) is 69.5 cm³/mol. The van der Waals surface area contributed by atoms with E-state index < -0.39 is 5.60 Å². The Morgan fingerprint density at radius 2 is 1.88 bits per heavy atom. The van der Waals surface area contributed by atoms with E-state index in [1.54, 1.807) is 0 Å². The monoisotopic (exact) mass is 227 g/mol. The van der Waals surface area contributed by atoms with Crippen LogP contribution in [0.5, 0.6) is 0 Å². The Bertz CT molecular complexity index is 197. The van der Waals surface area contributed by atoms with Gasteiger partial charge in [0.25, 0.3) is 0 Å². The first-order chi connectivity index (χ1) is 7.47. The van der Waals surface area contributed by atoms with Crippen molar-refractivity contribution in [3.63, 3.8) is 0 Å². The van der Waals surface area contributed by atoms with Gasteiger partial charge in [-0.05, 0) is 38.5 Å². The molecule has 16 heavy (non-hydrogen) atoms. The zero-order valence-corrected chi connectivity index (χ0v) is 11.4. The highest BCUT2D eigenvalue weighted by Gasteiger charge is 2.34. The minimum Gasteiger partial charge on any atom is -0.389 e. The largest absolute Gasteiger partial charge is 0.389 e. The summed E-state index contributed by atoms with van der Waals surface area (Å²) < 4.78 is 0. The zero-order valence-electron chi connectivity index (χ0n) is 11.4. The molecule has 0 aliphatic heterocycles. The van der Waals surface area contributed by atoms with Crippen molar-refractivity contribution in [2.45, 2.75) is 71.4 Å². The van der Waals surface area contributed by atoms with Crippen molar-refractivity contribution >= 4 is 0 Å². The molecule has 0 spiro atoms. The van der Waals surface area contributed by atoms with Crippen LogP contribution in [0.2, 0.25) is 0 Å². The zero-order chi connectivity index (χ0) is 12.2. The Morgan fingerprint density at radius 1 is 1.31 bits per heavy atom. The smallest absolute Gasteiger partial charge is 0.0771 e. The van der Waals surface area contributed by atoms with Gasteiger partial charge in [-0.3, -0.25) is 0 Å². The van der Waals surface area contributed by atoms with E-state index in [-0.39, 0.29) is 0 Å². The standard InChI is InChI=1S/C14H29NO/c1-5-11(2)12(3)15-10-14(4,16)13-8-6-7-9-13/h11-13,15-16H,5-10H2,1-4H3. The van der Waals surface area contributed by atoms with Crippen molar-refractivity contribution in [1.82, 2.24) is 5.32 Å². The highest BCUT2D eigenvalue weighted by atomic mass is 16.3. The van der Waals surface area contributed by atoms with E-state index in [1.165, 1.54) is 32.1 Å². The van der Waals surface area contributed by atoms with Gasteiger partial charge in [-0.2, -0.15) is 0 Å². The summed E-state index contributed by atoms with van der Waals surface area (Å²) >= 11 is 0. The maximum Gasteiger partial charge on any atom is 0.0771 e. The molecule has 1 aliphatic rings. The average Bonchev–Trinajstić information content (AvgIpc) is 2.78. The van der Waals surface area contributed by atoms with E-state index in [2.05, 4.69) is 26.1 Å². The van der Waals surface area contributed by atoms with Crippen LogP contribution in [-0.2, 0) is 0 Å². The summed E-state index contributed by atoms with van der Waals surface area (Å²) in [5.41, 5.74) is -0.516. The summed E-state index contributed by atoms with van der Waals surface area (Å²) in [6, 6.07) is 0.498. The van der Waals surface area contributed by atoms with Crippen LogP contribution in [0.25, 0.3) is 0 Å². The summed E-state index contributed by atoms with van der Waals surface area (Å²) in [5, 5.41) is 14.0. The van der Waals surface area contributed by atoms with Crippen molar-refractivity contribution in [1.29, 1.82) is 0 Å². The number of rotatable bonds is 6. The van der Waals surface area contributed by atoms with Gasteiger partial charge >= 0.3 is 0 Å². The minimum absolute atomic E-state index is 0.498. The molecule has 0 bridgehead atoms. The highest BCUT2D eigenvalue weighted by Crippen LogP contribution is 2.33. The molecule has 3 unspecified atom stereocenters. The van der Waals surface area contributed by atoms with Crippen molar-refractivity contribution in [2.24, 2.45) is 11.8 Å². The van der Waals surface area contributed by atoms with Crippen LogP contribution >= 0.6 is 0 Å². The molecule has 0 heterocycles. The molecule has 1 saturated carbocycles. The lowest BCUT2D eigenvalue weighted by molar-refractivity contribution is -0.000760. The second-order valence-electron chi connectivity index (χ2n) is 5.89. The first-order valence-electron chi connectivity index (χ1n) is 6.93. The van der Waals surface area contributed by atoms with Crippen molar-refractivity contribution < 1.29 is 5.11 Å². The fourth-order valence-corrected chi connectivity index (χ4v) is 2.61. The Hall–Kier alpha value is -0.0800. The fraction of sp³-hybridized carbons (Fsp3) is 1.00. The van der Waals surface area contributed by atoms with Crippen LogP contribution in [-0.4, -0.2) is 23.3 Å². The lowest BCUT2D eigenvalue weighted by Crippen LogP contribution is -2.47. The first kappa shape index (κ1) is 14.0. The van der Waals surface area contributed by atoms with E-state index in [0.717, 1.165) is 6.54 Å². The molecule has 2 heteroatoms. The number of hydrogen-bond donors (Lipinski definition) is 2. The molecule has 0 amide bonds. The normalized spacial score (nSPS) is 25.3. The van der Waals surface area contributed by atoms with Gasteiger partial charge in [0.05, 0.1) is 5.60 Å². The molecule has 2 nitrogen and oxygen atoms in total. The lowest BCUT2D eigenvalue weighted by atomic mass is 9.87. The Kier molecular flexibility index (Phi) is 5.26. The topological polar surface area (TPSA) is 32.3 Å². The van der Waals surface area contributed by atoms with Crippen LogP contribution in [0.15, 0.2) is 0 Å². The molecule has 0 radical (unpaired) electrons. The molecule has 96 valence electrons. The van der Waals surface area contributed by atoms with E-state index >= 15 is 0 Å². The molecular formula is C14H29NO. The SMILES string of the molecule is CCC(C)C(C)NCC(C)(O)C1CCCC1. The quantitative estimate of drug-likeness (QED) is 0.731. The molecule has 1 fully saturated rings. The molecule has 0 aromatic heterocycles. The molecule has 1 rings (SSSR count). The molecular weight excluding hydrogens is 198 g/mol. The van der Waals surface area contributed by atoms with E-state index in [1.807, 2.05) is 6.92 Å². The lowest BCUT2D eigenvalue weighted by Gasteiger charge is -2.32. The maximum absolute atomic E-state index is 10.5. The van der Waals surface area contributed by atoms with Crippen molar-refractivity contribution in [3.8, 4) is 0 Å². The third kappa shape index (κ3) is 3.74.